The van der Waals surface area contributed by atoms with Gasteiger partial charge in [0.1, 0.15) is 11.5 Å². The Morgan fingerprint density at radius 2 is 1.82 bits per heavy atom. The number of likely N-dealkylation sites (tertiary alicyclic amines) is 1. The molecule has 1 aliphatic carbocycles. The van der Waals surface area contributed by atoms with Gasteiger partial charge in [0.25, 0.3) is 5.91 Å². The van der Waals surface area contributed by atoms with Gasteiger partial charge in [0.05, 0.1) is 36.4 Å². The summed E-state index contributed by atoms with van der Waals surface area (Å²) >= 11 is 0. The number of rotatable bonds is 4. The molecule has 1 aliphatic heterocycles. The van der Waals surface area contributed by atoms with Crippen molar-refractivity contribution in [1.82, 2.24) is 29.8 Å². The number of alkyl halides is 3. The van der Waals surface area contributed by atoms with Crippen molar-refractivity contribution in [3.8, 4) is 11.5 Å². The standard InChI is InChI=1S/C22H19F4N7O/c1-11-2-3-14(19(31-11)20-29-6-13(23)7-30-20)21(34)33-10-12-4-15(16(33)5-12)32-18-9-27-17(8-28-18)22(24,25)26/h2-3,6-9,12,15-16H,4-5,10H2,1H3,(H,28,32). The summed E-state index contributed by atoms with van der Waals surface area (Å²) in [4.78, 5) is 34.9. The van der Waals surface area contributed by atoms with Crippen LogP contribution in [0, 0.1) is 18.7 Å². The van der Waals surface area contributed by atoms with E-state index in [-0.39, 0.29) is 41.2 Å². The predicted octanol–water partition coefficient (Wildman–Crippen LogP) is 3.51. The fourth-order valence-electron chi connectivity index (χ4n) is 4.64. The molecule has 176 valence electrons. The molecular formula is C22H19F4N7O. The van der Waals surface area contributed by atoms with E-state index < -0.39 is 17.7 Å². The van der Waals surface area contributed by atoms with Crippen LogP contribution in [0.3, 0.4) is 0 Å². The summed E-state index contributed by atoms with van der Waals surface area (Å²) in [6.07, 6.45) is 0.735. The quantitative estimate of drug-likeness (QED) is 0.580. The summed E-state index contributed by atoms with van der Waals surface area (Å²) in [5, 5.41) is 3.13. The van der Waals surface area contributed by atoms with Gasteiger partial charge in [0.2, 0.25) is 0 Å². The lowest BCUT2D eigenvalue weighted by atomic mass is 10.0. The molecule has 4 heterocycles. The molecule has 3 atom stereocenters. The first-order valence-corrected chi connectivity index (χ1v) is 10.6. The van der Waals surface area contributed by atoms with Crippen LogP contribution >= 0.6 is 0 Å². The van der Waals surface area contributed by atoms with E-state index in [4.69, 9.17) is 0 Å². The van der Waals surface area contributed by atoms with Crippen molar-refractivity contribution in [1.29, 1.82) is 0 Å². The zero-order chi connectivity index (χ0) is 24.0. The van der Waals surface area contributed by atoms with Gasteiger partial charge in [-0.1, -0.05) is 0 Å². The van der Waals surface area contributed by atoms with Gasteiger partial charge in [-0.15, -0.1) is 0 Å². The number of nitrogens with zero attached hydrogens (tertiary/aromatic N) is 6. The van der Waals surface area contributed by atoms with E-state index in [0.717, 1.165) is 31.4 Å². The fraction of sp³-hybridized carbons (Fsp3) is 0.364. The zero-order valence-corrected chi connectivity index (χ0v) is 17.9. The summed E-state index contributed by atoms with van der Waals surface area (Å²) < 4.78 is 51.5. The lowest BCUT2D eigenvalue weighted by Gasteiger charge is -2.34. The molecule has 3 aromatic rings. The van der Waals surface area contributed by atoms with Crippen LogP contribution in [0.5, 0.6) is 0 Å². The Hall–Kier alpha value is -3.70. The van der Waals surface area contributed by atoms with Gasteiger partial charge in [-0.05, 0) is 37.8 Å². The summed E-state index contributed by atoms with van der Waals surface area (Å²) in [5.74, 6) is -0.241. The van der Waals surface area contributed by atoms with Crippen LogP contribution in [0.15, 0.2) is 36.9 Å². The monoisotopic (exact) mass is 473 g/mol. The van der Waals surface area contributed by atoms with Gasteiger partial charge < -0.3 is 10.2 Å². The van der Waals surface area contributed by atoms with Crippen molar-refractivity contribution in [2.24, 2.45) is 5.92 Å². The highest BCUT2D eigenvalue weighted by atomic mass is 19.4. The molecule has 2 fully saturated rings. The SMILES string of the molecule is Cc1ccc(C(=O)N2CC3CC(Nc4cnc(C(F)(F)F)cn4)C2C3)c(-c2ncc(F)cn2)n1. The van der Waals surface area contributed by atoms with Crippen LogP contribution in [0.4, 0.5) is 23.4 Å². The second-order valence-corrected chi connectivity index (χ2v) is 8.47. The molecule has 0 radical (unpaired) electrons. The molecule has 3 unspecified atom stereocenters. The molecule has 2 bridgehead atoms. The third-order valence-electron chi connectivity index (χ3n) is 6.12. The number of halogens is 4. The van der Waals surface area contributed by atoms with E-state index in [1.807, 2.05) is 0 Å². The second-order valence-electron chi connectivity index (χ2n) is 8.47. The Morgan fingerprint density at radius 1 is 1.06 bits per heavy atom. The summed E-state index contributed by atoms with van der Waals surface area (Å²) in [7, 11) is 0. The molecule has 1 saturated carbocycles. The number of aryl methyl sites for hydroxylation is 1. The number of hydrogen-bond donors (Lipinski definition) is 1. The molecule has 1 amide bonds. The third-order valence-corrected chi connectivity index (χ3v) is 6.12. The maximum atomic E-state index is 13.5. The van der Waals surface area contributed by atoms with Crippen LogP contribution < -0.4 is 5.32 Å². The average Bonchev–Trinajstić information content (AvgIpc) is 3.39. The van der Waals surface area contributed by atoms with E-state index >= 15 is 0 Å². The maximum absolute atomic E-state index is 13.5. The largest absolute Gasteiger partial charge is 0.434 e. The van der Waals surface area contributed by atoms with Crippen molar-refractivity contribution in [2.45, 2.75) is 38.0 Å². The molecule has 1 N–H and O–H groups in total. The first kappa shape index (κ1) is 22.1. The number of fused-ring (bicyclic) bond motifs is 2. The lowest BCUT2D eigenvalue weighted by Crippen LogP contribution is -2.48. The predicted molar refractivity (Wildman–Crippen MR) is 112 cm³/mol. The Morgan fingerprint density at radius 3 is 2.47 bits per heavy atom. The Kier molecular flexibility index (Phi) is 5.37. The van der Waals surface area contributed by atoms with Gasteiger partial charge in [0.15, 0.2) is 17.3 Å². The summed E-state index contributed by atoms with van der Waals surface area (Å²) in [5.41, 5.74) is 0.164. The van der Waals surface area contributed by atoms with Crippen molar-refractivity contribution in [3.05, 3.63) is 59.7 Å². The number of hydrogen-bond acceptors (Lipinski definition) is 7. The number of anilines is 1. The molecule has 34 heavy (non-hydrogen) atoms. The van der Waals surface area contributed by atoms with Crippen molar-refractivity contribution < 1.29 is 22.4 Å². The van der Waals surface area contributed by atoms with Crippen LogP contribution in [0.25, 0.3) is 11.5 Å². The Bertz CT molecular complexity index is 1220. The number of nitrogens with one attached hydrogen (secondary N) is 1. The topological polar surface area (TPSA) is 96.8 Å². The minimum Gasteiger partial charge on any atom is -0.364 e. The van der Waals surface area contributed by atoms with Crippen molar-refractivity contribution >= 4 is 11.7 Å². The number of carbonyl (C=O) groups excluding carboxylic acids is 1. The molecule has 12 heteroatoms. The normalized spacial score (nSPS) is 21.7. The number of aromatic nitrogens is 5. The Labute approximate surface area is 191 Å². The van der Waals surface area contributed by atoms with Gasteiger partial charge in [0, 0.05) is 18.3 Å². The van der Waals surface area contributed by atoms with Gasteiger partial charge in [-0.25, -0.2) is 29.3 Å². The first-order valence-electron chi connectivity index (χ1n) is 10.6. The van der Waals surface area contributed by atoms with Crippen molar-refractivity contribution in [3.63, 3.8) is 0 Å². The highest BCUT2D eigenvalue weighted by molar-refractivity contribution is 5.99. The van der Waals surface area contributed by atoms with Crippen LogP contribution in [-0.2, 0) is 6.18 Å². The molecule has 2 aliphatic rings. The van der Waals surface area contributed by atoms with E-state index in [2.05, 4.69) is 30.2 Å². The maximum Gasteiger partial charge on any atom is 0.434 e. The van der Waals surface area contributed by atoms with Crippen molar-refractivity contribution in [2.75, 3.05) is 11.9 Å². The average molecular weight is 473 g/mol. The van der Waals surface area contributed by atoms with Gasteiger partial charge in [-0.2, -0.15) is 13.2 Å². The van der Waals surface area contributed by atoms with E-state index in [9.17, 15) is 22.4 Å². The van der Waals surface area contributed by atoms with Crippen LogP contribution in [0.2, 0.25) is 0 Å². The fourth-order valence-corrected chi connectivity index (χ4v) is 4.64. The van der Waals surface area contributed by atoms with Gasteiger partial charge >= 0.3 is 6.18 Å². The number of pyridine rings is 1. The molecule has 8 nitrogen and oxygen atoms in total. The first-order chi connectivity index (χ1) is 16.2. The van der Waals surface area contributed by atoms with E-state index in [0.29, 0.717) is 24.0 Å². The Balaban J connectivity index is 1.37. The third kappa shape index (κ3) is 4.15. The minimum absolute atomic E-state index is 0.146. The van der Waals surface area contributed by atoms with E-state index in [1.165, 1.54) is 0 Å². The number of carbonyl (C=O) groups is 1. The number of amides is 1. The highest BCUT2D eigenvalue weighted by Gasteiger charge is 2.47. The molecular weight excluding hydrogens is 454 g/mol. The smallest absolute Gasteiger partial charge is 0.364 e. The molecule has 1 saturated heterocycles. The lowest BCUT2D eigenvalue weighted by molar-refractivity contribution is -0.141. The molecule has 0 aromatic carbocycles. The second kappa shape index (κ2) is 8.26. The van der Waals surface area contributed by atoms with Crippen LogP contribution in [0.1, 0.15) is 34.6 Å². The zero-order valence-electron chi connectivity index (χ0n) is 17.9. The molecule has 5 rings (SSSR count). The summed E-state index contributed by atoms with van der Waals surface area (Å²) in [6.45, 7) is 2.32. The highest BCUT2D eigenvalue weighted by Crippen LogP contribution is 2.40. The van der Waals surface area contributed by atoms with Crippen LogP contribution in [-0.4, -0.2) is 54.4 Å². The molecule has 3 aromatic heterocycles. The summed E-state index contributed by atoms with van der Waals surface area (Å²) in [6, 6.07) is 3.01. The molecule has 0 spiro atoms. The van der Waals surface area contributed by atoms with Gasteiger partial charge in [-0.3, -0.25) is 4.79 Å². The number of piperidine rings is 1. The van der Waals surface area contributed by atoms with E-state index in [1.54, 1.807) is 24.0 Å². The minimum atomic E-state index is -4.56.